The molecule has 0 atom stereocenters. The van der Waals surface area contributed by atoms with E-state index in [4.69, 9.17) is 23.2 Å². The normalized spacial score (nSPS) is 10.2. The Morgan fingerprint density at radius 3 is 2.61 bits per heavy atom. The van der Waals surface area contributed by atoms with Crippen LogP contribution in [0.15, 0.2) is 41.0 Å². The lowest BCUT2D eigenvalue weighted by Crippen LogP contribution is -2.12. The highest BCUT2D eigenvalue weighted by Gasteiger charge is 2.07. The van der Waals surface area contributed by atoms with Gasteiger partial charge in [0.2, 0.25) is 0 Å². The van der Waals surface area contributed by atoms with Crippen molar-refractivity contribution in [2.45, 2.75) is 0 Å². The second-order valence-corrected chi connectivity index (χ2v) is 5.10. The van der Waals surface area contributed by atoms with Gasteiger partial charge in [0, 0.05) is 16.4 Å². The number of amides is 1. The van der Waals surface area contributed by atoms with Crippen molar-refractivity contribution in [2.75, 3.05) is 5.32 Å². The summed E-state index contributed by atoms with van der Waals surface area (Å²) >= 11 is 14.8. The van der Waals surface area contributed by atoms with Crippen molar-refractivity contribution in [3.63, 3.8) is 0 Å². The van der Waals surface area contributed by atoms with Crippen molar-refractivity contribution in [3.8, 4) is 0 Å². The molecule has 6 heteroatoms. The minimum atomic E-state index is -0.256. The van der Waals surface area contributed by atoms with Crippen molar-refractivity contribution in [3.05, 3.63) is 56.7 Å². The predicted octanol–water partition coefficient (Wildman–Crippen LogP) is 4.40. The number of carbonyl (C=O) groups excluding carboxylic acids is 1. The quantitative estimate of drug-likeness (QED) is 0.819. The Morgan fingerprint density at radius 1 is 1.22 bits per heavy atom. The number of carbonyl (C=O) groups is 1. The van der Waals surface area contributed by atoms with Crippen LogP contribution >= 0.6 is 39.1 Å². The molecule has 0 saturated heterocycles. The molecule has 1 N–H and O–H groups in total. The standard InChI is InChI=1S/C12H7BrCl2N2O/c13-9-5-8(2-3-10(9)14)17-12(18)7-1-4-11(15)16-6-7/h1-6H,(H,17,18). The Hall–Kier alpha value is -1.10. The maximum atomic E-state index is 11.9. The number of halogens is 3. The van der Waals surface area contributed by atoms with Gasteiger partial charge in [-0.25, -0.2) is 4.98 Å². The molecule has 1 heterocycles. The molecule has 18 heavy (non-hydrogen) atoms. The number of aromatic nitrogens is 1. The monoisotopic (exact) mass is 344 g/mol. The van der Waals surface area contributed by atoms with E-state index in [0.29, 0.717) is 21.4 Å². The highest BCUT2D eigenvalue weighted by Crippen LogP contribution is 2.25. The van der Waals surface area contributed by atoms with Crippen molar-refractivity contribution < 1.29 is 4.79 Å². The first-order valence-electron chi connectivity index (χ1n) is 4.94. The van der Waals surface area contributed by atoms with Gasteiger partial charge in [-0.3, -0.25) is 4.79 Å². The molecule has 0 saturated carbocycles. The first kappa shape index (κ1) is 13.3. The van der Waals surface area contributed by atoms with E-state index in [1.54, 1.807) is 30.3 Å². The maximum absolute atomic E-state index is 11.9. The summed E-state index contributed by atoms with van der Waals surface area (Å²) in [6.07, 6.45) is 1.42. The molecule has 1 aromatic carbocycles. The van der Waals surface area contributed by atoms with Crippen LogP contribution in [0.4, 0.5) is 5.69 Å². The number of pyridine rings is 1. The fraction of sp³-hybridized carbons (Fsp3) is 0. The fourth-order valence-corrected chi connectivity index (χ4v) is 1.90. The number of hydrogen-bond donors (Lipinski definition) is 1. The molecular formula is C12H7BrCl2N2O. The van der Waals surface area contributed by atoms with E-state index in [0.717, 1.165) is 4.47 Å². The van der Waals surface area contributed by atoms with Gasteiger partial charge < -0.3 is 5.32 Å². The number of nitrogens with zero attached hydrogens (tertiary/aromatic N) is 1. The van der Waals surface area contributed by atoms with E-state index < -0.39 is 0 Å². The average molecular weight is 346 g/mol. The highest BCUT2D eigenvalue weighted by atomic mass is 79.9. The smallest absolute Gasteiger partial charge is 0.257 e. The summed E-state index contributed by atoms with van der Waals surface area (Å²) in [5.41, 5.74) is 1.08. The van der Waals surface area contributed by atoms with E-state index >= 15 is 0 Å². The highest BCUT2D eigenvalue weighted by molar-refractivity contribution is 9.10. The van der Waals surface area contributed by atoms with Gasteiger partial charge in [0.05, 0.1) is 10.6 Å². The number of nitrogens with one attached hydrogen (secondary N) is 1. The second-order valence-electron chi connectivity index (χ2n) is 3.45. The minimum absolute atomic E-state index is 0.256. The molecule has 2 aromatic rings. The van der Waals surface area contributed by atoms with Crippen LogP contribution in [-0.2, 0) is 0 Å². The zero-order valence-corrected chi connectivity index (χ0v) is 12.1. The van der Waals surface area contributed by atoms with Crippen LogP contribution in [0.5, 0.6) is 0 Å². The second kappa shape index (κ2) is 5.69. The topological polar surface area (TPSA) is 42.0 Å². The Labute approximate surface area is 122 Å². The Morgan fingerprint density at radius 2 is 2.00 bits per heavy atom. The van der Waals surface area contributed by atoms with Crippen LogP contribution in [-0.4, -0.2) is 10.9 Å². The number of benzene rings is 1. The summed E-state index contributed by atoms with van der Waals surface area (Å²) in [4.78, 5) is 15.7. The van der Waals surface area contributed by atoms with Gasteiger partial charge in [0.1, 0.15) is 5.15 Å². The van der Waals surface area contributed by atoms with Crippen LogP contribution in [0, 0.1) is 0 Å². The summed E-state index contributed by atoms with van der Waals surface area (Å²) in [5, 5.41) is 3.67. The molecular weight excluding hydrogens is 339 g/mol. The summed E-state index contributed by atoms with van der Waals surface area (Å²) in [6.45, 7) is 0. The molecule has 0 unspecified atom stereocenters. The van der Waals surface area contributed by atoms with Gasteiger partial charge in [-0.05, 0) is 46.3 Å². The average Bonchev–Trinajstić information content (AvgIpc) is 2.34. The lowest BCUT2D eigenvalue weighted by molar-refractivity contribution is 0.102. The van der Waals surface area contributed by atoms with E-state index in [1.807, 2.05) is 0 Å². The summed E-state index contributed by atoms with van der Waals surface area (Å²) in [5.74, 6) is -0.256. The van der Waals surface area contributed by atoms with Crippen molar-refractivity contribution in [1.29, 1.82) is 0 Å². The van der Waals surface area contributed by atoms with Crippen molar-refractivity contribution >= 4 is 50.7 Å². The summed E-state index contributed by atoms with van der Waals surface area (Å²) in [7, 11) is 0. The van der Waals surface area contributed by atoms with E-state index in [2.05, 4.69) is 26.2 Å². The van der Waals surface area contributed by atoms with Crippen LogP contribution in [0.3, 0.4) is 0 Å². The number of hydrogen-bond acceptors (Lipinski definition) is 2. The van der Waals surface area contributed by atoms with Crippen LogP contribution < -0.4 is 5.32 Å². The first-order chi connectivity index (χ1) is 8.56. The summed E-state index contributed by atoms with van der Waals surface area (Å²) in [6, 6.07) is 8.31. The molecule has 0 aliphatic carbocycles. The third-order valence-electron chi connectivity index (χ3n) is 2.17. The van der Waals surface area contributed by atoms with Crippen molar-refractivity contribution in [1.82, 2.24) is 4.98 Å². The molecule has 0 bridgehead atoms. The first-order valence-corrected chi connectivity index (χ1v) is 6.49. The molecule has 1 amide bonds. The molecule has 0 fully saturated rings. The van der Waals surface area contributed by atoms with Gasteiger partial charge in [-0.15, -0.1) is 0 Å². The maximum Gasteiger partial charge on any atom is 0.257 e. The van der Waals surface area contributed by atoms with E-state index in [-0.39, 0.29) is 5.91 Å². The molecule has 3 nitrogen and oxygen atoms in total. The minimum Gasteiger partial charge on any atom is -0.322 e. The lowest BCUT2D eigenvalue weighted by Gasteiger charge is -2.06. The Bertz CT molecular complexity index is 587. The van der Waals surface area contributed by atoms with Gasteiger partial charge >= 0.3 is 0 Å². The van der Waals surface area contributed by atoms with E-state index in [1.165, 1.54) is 6.20 Å². The number of rotatable bonds is 2. The van der Waals surface area contributed by atoms with Crippen LogP contribution in [0.1, 0.15) is 10.4 Å². The molecule has 1 aromatic heterocycles. The lowest BCUT2D eigenvalue weighted by atomic mass is 10.2. The molecule has 0 aliphatic rings. The molecule has 2 rings (SSSR count). The van der Waals surface area contributed by atoms with Gasteiger partial charge in [-0.2, -0.15) is 0 Å². The number of anilines is 1. The van der Waals surface area contributed by atoms with Crippen LogP contribution in [0.25, 0.3) is 0 Å². The van der Waals surface area contributed by atoms with Gasteiger partial charge in [0.15, 0.2) is 0 Å². The van der Waals surface area contributed by atoms with E-state index in [9.17, 15) is 4.79 Å². The SMILES string of the molecule is O=C(Nc1ccc(Cl)c(Br)c1)c1ccc(Cl)nc1. The molecule has 92 valence electrons. The van der Waals surface area contributed by atoms with Gasteiger partial charge in [0.25, 0.3) is 5.91 Å². The van der Waals surface area contributed by atoms with Gasteiger partial charge in [-0.1, -0.05) is 23.2 Å². The summed E-state index contributed by atoms with van der Waals surface area (Å²) < 4.78 is 0.719. The zero-order chi connectivity index (χ0) is 13.1. The van der Waals surface area contributed by atoms with Crippen molar-refractivity contribution in [2.24, 2.45) is 0 Å². The molecule has 0 spiro atoms. The fourth-order valence-electron chi connectivity index (χ4n) is 1.29. The predicted molar refractivity (Wildman–Crippen MR) is 76.4 cm³/mol. The molecule has 0 radical (unpaired) electrons. The zero-order valence-electron chi connectivity index (χ0n) is 8.95. The molecule has 0 aliphatic heterocycles. The largest absolute Gasteiger partial charge is 0.322 e. The van der Waals surface area contributed by atoms with Crippen LogP contribution in [0.2, 0.25) is 10.2 Å². The third kappa shape index (κ3) is 3.22. The Kier molecular flexibility index (Phi) is 4.22. The third-order valence-corrected chi connectivity index (χ3v) is 3.60. The Balaban J connectivity index is 2.16.